The van der Waals surface area contributed by atoms with Crippen LogP contribution < -0.4 is 11.1 Å². The smallest absolute Gasteiger partial charge is 0.356 e. The number of rotatable bonds is 4. The number of ether oxygens (including phenoxy) is 1. The van der Waals surface area contributed by atoms with Crippen LogP contribution in [0.3, 0.4) is 0 Å². The first kappa shape index (κ1) is 13.8. The summed E-state index contributed by atoms with van der Waals surface area (Å²) in [6.45, 7) is 0.595. The molecular weight excluding hydrogens is 330 g/mol. The van der Waals surface area contributed by atoms with Gasteiger partial charge < -0.3 is 15.8 Å². The summed E-state index contributed by atoms with van der Waals surface area (Å²) in [6.07, 6.45) is 0. The zero-order valence-electron chi connectivity index (χ0n) is 10.1. The number of halogens is 1. The molecule has 0 amide bonds. The summed E-state index contributed by atoms with van der Waals surface area (Å²) in [5.74, 6) is -0.00524. The lowest BCUT2D eigenvalue weighted by molar-refractivity contribution is 0.0594. The fourth-order valence-electron chi connectivity index (χ4n) is 1.45. The van der Waals surface area contributed by atoms with Crippen molar-refractivity contribution in [3.05, 3.63) is 38.6 Å². The number of nitrogens with two attached hydrogens (primary N) is 1. The Morgan fingerprint density at radius 2 is 2.26 bits per heavy atom. The first-order valence-corrected chi connectivity index (χ1v) is 7.04. The summed E-state index contributed by atoms with van der Waals surface area (Å²) >= 11 is 5.02. The normalized spacial score (nSPS) is 10.2. The van der Waals surface area contributed by atoms with Crippen LogP contribution in [0.5, 0.6) is 0 Å². The van der Waals surface area contributed by atoms with E-state index in [1.165, 1.54) is 13.2 Å². The van der Waals surface area contributed by atoms with Gasteiger partial charge in [0.2, 0.25) is 0 Å². The maximum absolute atomic E-state index is 11.4. The van der Waals surface area contributed by atoms with Crippen LogP contribution in [-0.2, 0) is 11.3 Å². The third-order valence-corrected chi connectivity index (χ3v) is 4.00. The first-order valence-electron chi connectivity index (χ1n) is 5.43. The number of nitrogen functional groups attached to an aromatic ring is 1. The standard InChI is InChI=1S/C12H12BrN3O2S/c1-18-12(17)9-4-3-8(14)11(16-9)15-6-7-2-5-10(13)19-7/h2-5H,6,14H2,1H3,(H,15,16). The number of nitrogens with one attached hydrogen (secondary N) is 1. The van der Waals surface area contributed by atoms with Crippen molar-refractivity contribution in [3.8, 4) is 0 Å². The monoisotopic (exact) mass is 341 g/mol. The van der Waals surface area contributed by atoms with Crippen molar-refractivity contribution < 1.29 is 9.53 Å². The van der Waals surface area contributed by atoms with E-state index in [0.717, 1.165) is 8.66 Å². The topological polar surface area (TPSA) is 77.2 Å². The van der Waals surface area contributed by atoms with E-state index in [1.807, 2.05) is 12.1 Å². The molecule has 0 aliphatic heterocycles. The van der Waals surface area contributed by atoms with Crippen LogP contribution >= 0.6 is 27.3 Å². The molecule has 0 unspecified atom stereocenters. The lowest BCUT2D eigenvalue weighted by atomic mass is 10.3. The number of thiophene rings is 1. The van der Waals surface area contributed by atoms with Gasteiger partial charge in [-0.1, -0.05) is 0 Å². The Bertz CT molecular complexity index is 600. The van der Waals surface area contributed by atoms with E-state index >= 15 is 0 Å². The fourth-order valence-corrected chi connectivity index (χ4v) is 2.87. The minimum absolute atomic E-state index is 0.228. The number of nitrogens with zero attached hydrogens (tertiary/aromatic N) is 1. The second kappa shape index (κ2) is 6.03. The maximum atomic E-state index is 11.4. The summed E-state index contributed by atoms with van der Waals surface area (Å²) in [6, 6.07) is 7.14. The largest absolute Gasteiger partial charge is 0.464 e. The highest BCUT2D eigenvalue weighted by molar-refractivity contribution is 9.11. The second-order valence-electron chi connectivity index (χ2n) is 3.69. The van der Waals surface area contributed by atoms with E-state index in [4.69, 9.17) is 5.73 Å². The van der Waals surface area contributed by atoms with Gasteiger partial charge in [-0.25, -0.2) is 9.78 Å². The zero-order chi connectivity index (χ0) is 13.8. The molecule has 0 saturated carbocycles. The molecule has 0 atom stereocenters. The summed E-state index contributed by atoms with van der Waals surface area (Å²) in [5, 5.41) is 3.11. The third-order valence-electron chi connectivity index (χ3n) is 2.38. The predicted octanol–water partition coefficient (Wildman–Crippen LogP) is 2.89. The summed E-state index contributed by atoms with van der Waals surface area (Å²) in [7, 11) is 1.32. The Morgan fingerprint density at radius 1 is 1.47 bits per heavy atom. The Labute approximate surface area is 122 Å². The molecule has 2 aromatic heterocycles. The van der Waals surface area contributed by atoms with Crippen molar-refractivity contribution in [2.24, 2.45) is 0 Å². The number of carbonyl (C=O) groups is 1. The highest BCUT2D eigenvalue weighted by Gasteiger charge is 2.10. The molecular formula is C12H12BrN3O2S. The summed E-state index contributed by atoms with van der Waals surface area (Å²) in [4.78, 5) is 16.7. The van der Waals surface area contributed by atoms with Crippen LogP contribution in [0.4, 0.5) is 11.5 Å². The average molecular weight is 342 g/mol. The van der Waals surface area contributed by atoms with Gasteiger partial charge in [0, 0.05) is 4.88 Å². The van der Waals surface area contributed by atoms with Crippen molar-refractivity contribution in [2.75, 3.05) is 18.2 Å². The molecule has 19 heavy (non-hydrogen) atoms. The van der Waals surface area contributed by atoms with Gasteiger partial charge in [-0.05, 0) is 40.2 Å². The number of aromatic nitrogens is 1. The highest BCUT2D eigenvalue weighted by atomic mass is 79.9. The van der Waals surface area contributed by atoms with Gasteiger partial charge in [0.15, 0.2) is 11.5 Å². The van der Waals surface area contributed by atoms with Gasteiger partial charge in [0.25, 0.3) is 0 Å². The van der Waals surface area contributed by atoms with Crippen LogP contribution in [-0.4, -0.2) is 18.1 Å². The number of hydrogen-bond donors (Lipinski definition) is 2. The lowest BCUT2D eigenvalue weighted by Crippen LogP contribution is -2.09. The molecule has 0 aliphatic carbocycles. The molecule has 0 aromatic carbocycles. The number of pyridine rings is 1. The summed E-state index contributed by atoms with van der Waals surface area (Å²) in [5.41, 5.74) is 6.53. The van der Waals surface area contributed by atoms with Crippen LogP contribution in [0.2, 0.25) is 0 Å². The average Bonchev–Trinajstić information content (AvgIpc) is 2.82. The molecule has 0 aliphatic rings. The molecule has 5 nitrogen and oxygen atoms in total. The van der Waals surface area contributed by atoms with Gasteiger partial charge in [0.1, 0.15) is 0 Å². The predicted molar refractivity (Wildman–Crippen MR) is 79.3 cm³/mol. The Balaban J connectivity index is 2.12. The molecule has 0 radical (unpaired) electrons. The molecule has 0 bridgehead atoms. The number of carbonyl (C=O) groups excluding carboxylic acids is 1. The molecule has 0 fully saturated rings. The highest BCUT2D eigenvalue weighted by Crippen LogP contribution is 2.24. The molecule has 100 valence electrons. The van der Waals surface area contributed by atoms with Gasteiger partial charge in [0.05, 0.1) is 23.1 Å². The van der Waals surface area contributed by atoms with Crippen molar-refractivity contribution in [1.82, 2.24) is 4.98 Å². The SMILES string of the molecule is COC(=O)c1ccc(N)c(NCc2ccc(Br)s2)n1. The number of anilines is 2. The molecule has 2 rings (SSSR count). The number of esters is 1. The van der Waals surface area contributed by atoms with E-state index in [2.05, 4.69) is 31.0 Å². The van der Waals surface area contributed by atoms with E-state index in [0.29, 0.717) is 18.1 Å². The summed E-state index contributed by atoms with van der Waals surface area (Å²) < 4.78 is 5.69. The number of hydrogen-bond acceptors (Lipinski definition) is 6. The molecule has 2 heterocycles. The van der Waals surface area contributed by atoms with E-state index in [-0.39, 0.29) is 5.69 Å². The minimum atomic E-state index is -0.484. The molecule has 0 saturated heterocycles. The van der Waals surface area contributed by atoms with Crippen LogP contribution in [0, 0.1) is 0 Å². The first-order chi connectivity index (χ1) is 9.10. The van der Waals surface area contributed by atoms with Gasteiger partial charge in [-0.15, -0.1) is 11.3 Å². The van der Waals surface area contributed by atoms with Gasteiger partial charge >= 0.3 is 5.97 Å². The van der Waals surface area contributed by atoms with Gasteiger partial charge in [-0.2, -0.15) is 0 Å². The molecule has 2 aromatic rings. The third kappa shape index (κ3) is 3.45. The molecule has 7 heteroatoms. The van der Waals surface area contributed by atoms with E-state index in [1.54, 1.807) is 17.4 Å². The van der Waals surface area contributed by atoms with Crippen molar-refractivity contribution in [3.63, 3.8) is 0 Å². The van der Waals surface area contributed by atoms with Gasteiger partial charge in [-0.3, -0.25) is 0 Å². The lowest BCUT2D eigenvalue weighted by Gasteiger charge is -2.08. The Kier molecular flexibility index (Phi) is 4.39. The van der Waals surface area contributed by atoms with E-state index in [9.17, 15) is 4.79 Å². The van der Waals surface area contributed by atoms with Crippen LogP contribution in [0.1, 0.15) is 15.4 Å². The number of methoxy groups -OCH3 is 1. The van der Waals surface area contributed by atoms with Crippen molar-refractivity contribution in [2.45, 2.75) is 6.54 Å². The zero-order valence-corrected chi connectivity index (χ0v) is 12.5. The Hall–Kier alpha value is -1.60. The quantitative estimate of drug-likeness (QED) is 0.836. The maximum Gasteiger partial charge on any atom is 0.356 e. The minimum Gasteiger partial charge on any atom is -0.464 e. The van der Waals surface area contributed by atoms with Crippen LogP contribution in [0.25, 0.3) is 0 Å². The van der Waals surface area contributed by atoms with Crippen molar-refractivity contribution in [1.29, 1.82) is 0 Å². The van der Waals surface area contributed by atoms with Crippen LogP contribution in [0.15, 0.2) is 28.1 Å². The fraction of sp³-hybridized carbons (Fsp3) is 0.167. The Morgan fingerprint density at radius 3 is 2.89 bits per heavy atom. The molecule has 0 spiro atoms. The molecule has 3 N–H and O–H groups in total. The second-order valence-corrected chi connectivity index (χ2v) is 6.23. The van der Waals surface area contributed by atoms with Crippen molar-refractivity contribution >= 4 is 44.7 Å². The van der Waals surface area contributed by atoms with E-state index < -0.39 is 5.97 Å².